The molecule has 0 radical (unpaired) electrons. The van der Waals surface area contributed by atoms with E-state index in [0.29, 0.717) is 5.92 Å². The van der Waals surface area contributed by atoms with E-state index in [1.165, 1.54) is 79.6 Å². The lowest BCUT2D eigenvalue weighted by molar-refractivity contribution is 0.304. The summed E-state index contributed by atoms with van der Waals surface area (Å²) in [6.45, 7) is 11.9. The quantitative estimate of drug-likeness (QED) is 0.481. The van der Waals surface area contributed by atoms with Gasteiger partial charge >= 0.3 is 0 Å². The van der Waals surface area contributed by atoms with Gasteiger partial charge in [0.25, 0.3) is 0 Å². The van der Waals surface area contributed by atoms with Crippen LogP contribution in [0.25, 0.3) is 11.3 Å². The molecule has 0 atom stereocenters. The molecule has 0 unspecified atom stereocenters. The summed E-state index contributed by atoms with van der Waals surface area (Å²) in [5.41, 5.74) is 6.13. The predicted molar refractivity (Wildman–Crippen MR) is 127 cm³/mol. The number of unbranched alkanes of at least 4 members (excludes halogenated alkanes) is 1. The minimum atomic E-state index is 0.261. The van der Waals surface area contributed by atoms with Gasteiger partial charge in [0.1, 0.15) is 0 Å². The maximum Gasteiger partial charge on any atom is 0.0963 e. The van der Waals surface area contributed by atoms with Gasteiger partial charge in [-0.3, -0.25) is 0 Å². The fourth-order valence-corrected chi connectivity index (χ4v) is 6.55. The summed E-state index contributed by atoms with van der Waals surface area (Å²) < 4.78 is 0. The van der Waals surface area contributed by atoms with Gasteiger partial charge in [-0.2, -0.15) is 0 Å². The van der Waals surface area contributed by atoms with Crippen molar-refractivity contribution in [2.45, 2.75) is 109 Å². The number of aromatic nitrogens is 1. The van der Waals surface area contributed by atoms with Gasteiger partial charge in [0.2, 0.25) is 0 Å². The van der Waals surface area contributed by atoms with Crippen molar-refractivity contribution in [3.8, 4) is 11.3 Å². The molecule has 2 aliphatic rings. The largest absolute Gasteiger partial charge is 0.241 e. The molecule has 1 nitrogen and oxygen atoms in total. The van der Waals surface area contributed by atoms with Crippen LogP contribution >= 0.6 is 11.3 Å². The average molecular weight is 410 g/mol. The summed E-state index contributed by atoms with van der Waals surface area (Å²) in [6.07, 6.45) is 12.2. The van der Waals surface area contributed by atoms with Gasteiger partial charge in [-0.05, 0) is 72.5 Å². The predicted octanol–water partition coefficient (Wildman–Crippen LogP) is 8.62. The van der Waals surface area contributed by atoms with E-state index in [2.05, 4.69) is 58.2 Å². The van der Waals surface area contributed by atoms with Gasteiger partial charge in [0.15, 0.2) is 0 Å². The standard InChI is InChI=1S/C27H39NS/c1-6-7-8-19-9-11-20(12-10-19)25-28-24(18-29-25)21-13-14-22-23(17-21)27(4,5)16-15-26(22,2)3/h13-14,17-20H,6-12,15-16H2,1-5H3. The van der Waals surface area contributed by atoms with Gasteiger partial charge in [0, 0.05) is 16.9 Å². The molecule has 0 spiro atoms. The van der Waals surface area contributed by atoms with Crippen LogP contribution in [0.3, 0.4) is 0 Å². The van der Waals surface area contributed by atoms with Gasteiger partial charge in [-0.15, -0.1) is 11.3 Å². The highest BCUT2D eigenvalue weighted by molar-refractivity contribution is 7.10. The molecule has 0 aliphatic heterocycles. The Balaban J connectivity index is 1.52. The summed E-state index contributed by atoms with van der Waals surface area (Å²) in [7, 11) is 0. The van der Waals surface area contributed by atoms with Crippen LogP contribution in [-0.4, -0.2) is 4.98 Å². The Kier molecular flexibility index (Phi) is 5.95. The van der Waals surface area contributed by atoms with E-state index >= 15 is 0 Å². The summed E-state index contributed by atoms with van der Waals surface area (Å²) >= 11 is 1.90. The first-order chi connectivity index (χ1) is 13.8. The van der Waals surface area contributed by atoms with Gasteiger partial charge in [-0.25, -0.2) is 4.98 Å². The molecule has 2 aromatic rings. The SMILES string of the molecule is CCCCC1CCC(c2nc(-c3ccc4c(c3)C(C)(C)CCC4(C)C)cs2)CC1. The lowest BCUT2D eigenvalue weighted by Gasteiger charge is -2.42. The molecule has 0 bridgehead atoms. The highest BCUT2D eigenvalue weighted by Crippen LogP contribution is 2.47. The van der Waals surface area contributed by atoms with Crippen LogP contribution < -0.4 is 0 Å². The molecule has 1 heterocycles. The number of rotatable bonds is 5. The van der Waals surface area contributed by atoms with Gasteiger partial charge in [-0.1, -0.05) is 66.0 Å². The lowest BCUT2D eigenvalue weighted by Crippen LogP contribution is -2.33. The van der Waals surface area contributed by atoms with Crippen LogP contribution in [0.2, 0.25) is 0 Å². The van der Waals surface area contributed by atoms with Crippen LogP contribution in [-0.2, 0) is 10.8 Å². The number of hydrogen-bond acceptors (Lipinski definition) is 2. The van der Waals surface area contributed by atoms with Crippen molar-refractivity contribution < 1.29 is 0 Å². The summed E-state index contributed by atoms with van der Waals surface area (Å²) in [5.74, 6) is 1.66. The minimum absolute atomic E-state index is 0.261. The second-order valence-electron chi connectivity index (χ2n) is 11.0. The molecule has 158 valence electrons. The summed E-state index contributed by atoms with van der Waals surface area (Å²) in [4.78, 5) is 5.14. The van der Waals surface area contributed by atoms with Gasteiger partial charge < -0.3 is 0 Å². The molecule has 4 rings (SSSR count). The number of nitrogens with zero attached hydrogens (tertiary/aromatic N) is 1. The van der Waals surface area contributed by atoms with Crippen molar-refractivity contribution >= 4 is 11.3 Å². The van der Waals surface area contributed by atoms with Crippen LogP contribution in [0, 0.1) is 5.92 Å². The molecular weight excluding hydrogens is 370 g/mol. The van der Waals surface area contributed by atoms with Crippen molar-refractivity contribution in [2.75, 3.05) is 0 Å². The molecule has 0 N–H and O–H groups in total. The Labute approximate surface area is 182 Å². The van der Waals surface area contributed by atoms with Crippen LogP contribution in [0.5, 0.6) is 0 Å². The molecule has 0 amide bonds. The van der Waals surface area contributed by atoms with Crippen LogP contribution in [0.15, 0.2) is 23.6 Å². The first kappa shape index (κ1) is 21.1. The van der Waals surface area contributed by atoms with E-state index in [-0.39, 0.29) is 10.8 Å². The molecular formula is C27H39NS. The topological polar surface area (TPSA) is 12.9 Å². The Hall–Kier alpha value is -1.15. The average Bonchev–Trinajstić information content (AvgIpc) is 3.20. The van der Waals surface area contributed by atoms with Crippen LogP contribution in [0.4, 0.5) is 0 Å². The third kappa shape index (κ3) is 4.33. The molecule has 1 saturated carbocycles. The van der Waals surface area contributed by atoms with Crippen molar-refractivity contribution in [3.63, 3.8) is 0 Å². The Morgan fingerprint density at radius 1 is 0.966 bits per heavy atom. The second-order valence-corrected chi connectivity index (χ2v) is 11.8. The van der Waals surface area contributed by atoms with Crippen molar-refractivity contribution in [1.82, 2.24) is 4.98 Å². The van der Waals surface area contributed by atoms with Crippen molar-refractivity contribution in [2.24, 2.45) is 5.92 Å². The van der Waals surface area contributed by atoms with Crippen LogP contribution in [0.1, 0.15) is 114 Å². The first-order valence-corrected chi connectivity index (χ1v) is 12.8. The van der Waals surface area contributed by atoms with Gasteiger partial charge in [0.05, 0.1) is 10.7 Å². The lowest BCUT2D eigenvalue weighted by atomic mass is 9.63. The zero-order chi connectivity index (χ0) is 20.6. The van der Waals surface area contributed by atoms with E-state index in [4.69, 9.17) is 4.98 Å². The monoisotopic (exact) mass is 409 g/mol. The van der Waals surface area contributed by atoms with E-state index in [1.807, 2.05) is 11.3 Å². The number of fused-ring (bicyclic) bond motifs is 1. The smallest absolute Gasteiger partial charge is 0.0963 e. The summed E-state index contributed by atoms with van der Waals surface area (Å²) in [5, 5.41) is 3.69. The molecule has 1 aromatic heterocycles. The summed E-state index contributed by atoms with van der Waals surface area (Å²) in [6, 6.07) is 7.17. The minimum Gasteiger partial charge on any atom is -0.241 e. The molecule has 0 saturated heterocycles. The maximum absolute atomic E-state index is 5.14. The highest BCUT2D eigenvalue weighted by Gasteiger charge is 2.37. The fraction of sp³-hybridized carbons (Fsp3) is 0.667. The Morgan fingerprint density at radius 2 is 1.66 bits per heavy atom. The second kappa shape index (κ2) is 8.17. The maximum atomic E-state index is 5.14. The Bertz CT molecular complexity index is 836. The van der Waals surface area contributed by atoms with E-state index in [1.54, 1.807) is 5.56 Å². The zero-order valence-electron chi connectivity index (χ0n) is 19.2. The normalized spacial score (nSPS) is 25.6. The first-order valence-electron chi connectivity index (χ1n) is 11.9. The van der Waals surface area contributed by atoms with E-state index in [9.17, 15) is 0 Å². The molecule has 1 fully saturated rings. The third-order valence-electron chi connectivity index (χ3n) is 7.83. The third-order valence-corrected chi connectivity index (χ3v) is 8.84. The number of thiazole rings is 1. The number of benzene rings is 1. The van der Waals surface area contributed by atoms with Crippen molar-refractivity contribution in [3.05, 3.63) is 39.7 Å². The molecule has 2 aliphatic carbocycles. The fourth-order valence-electron chi connectivity index (χ4n) is 5.55. The van der Waals surface area contributed by atoms with E-state index in [0.717, 1.165) is 5.92 Å². The molecule has 1 aromatic carbocycles. The zero-order valence-corrected chi connectivity index (χ0v) is 20.0. The molecule has 29 heavy (non-hydrogen) atoms. The van der Waals surface area contributed by atoms with E-state index < -0.39 is 0 Å². The Morgan fingerprint density at radius 3 is 2.34 bits per heavy atom. The van der Waals surface area contributed by atoms with Crippen molar-refractivity contribution in [1.29, 1.82) is 0 Å². The highest BCUT2D eigenvalue weighted by atomic mass is 32.1. The molecule has 2 heteroatoms. The number of hydrogen-bond donors (Lipinski definition) is 0.